The fourth-order valence-corrected chi connectivity index (χ4v) is 5.17. The number of hydrogen-bond acceptors (Lipinski definition) is 6. The van der Waals surface area contributed by atoms with Gasteiger partial charge < -0.3 is 23.4 Å². The van der Waals surface area contributed by atoms with Crippen molar-refractivity contribution in [2.24, 2.45) is 0 Å². The topological polar surface area (TPSA) is 93.2 Å². The fourth-order valence-electron chi connectivity index (χ4n) is 5.17. The van der Waals surface area contributed by atoms with Crippen LogP contribution >= 0.6 is 0 Å². The number of para-hydroxylation sites is 1. The van der Waals surface area contributed by atoms with Gasteiger partial charge in [0.15, 0.2) is 0 Å². The fraction of sp³-hybridized carbons (Fsp3) is 0.367. The van der Waals surface area contributed by atoms with Gasteiger partial charge in [-0.2, -0.15) is 0 Å². The van der Waals surface area contributed by atoms with Crippen molar-refractivity contribution in [3.8, 4) is 0 Å². The average Bonchev–Trinajstić information content (AvgIpc) is 3.53. The molecule has 1 saturated heterocycles. The van der Waals surface area contributed by atoms with Gasteiger partial charge >= 0.3 is 5.97 Å². The van der Waals surface area contributed by atoms with Crippen LogP contribution in [0.3, 0.4) is 0 Å². The van der Waals surface area contributed by atoms with Crippen LogP contribution in [-0.2, 0) is 32.1 Å². The lowest BCUT2D eigenvalue weighted by atomic mass is 9.84. The maximum Gasteiger partial charge on any atom is 0.305 e. The normalized spacial score (nSPS) is 16.9. The maximum atomic E-state index is 14.0. The lowest BCUT2D eigenvalue weighted by Gasteiger charge is -2.51. The number of hydrogen-bond donors (Lipinski definition) is 0. The highest BCUT2D eigenvalue weighted by Gasteiger charge is 2.50. The molecule has 0 radical (unpaired) electrons. The molecule has 0 bridgehead atoms. The van der Waals surface area contributed by atoms with Crippen LogP contribution < -0.4 is 0 Å². The molecule has 4 aromatic rings. The van der Waals surface area contributed by atoms with Crippen molar-refractivity contribution in [1.29, 1.82) is 0 Å². The maximum absolute atomic E-state index is 14.0. The van der Waals surface area contributed by atoms with Crippen molar-refractivity contribution >= 4 is 39.7 Å². The van der Waals surface area contributed by atoms with Crippen LogP contribution in [0.2, 0.25) is 0 Å². The monoisotopic (exact) mass is 516 g/mol. The Morgan fingerprint density at radius 1 is 1.08 bits per heavy atom. The molecule has 1 aliphatic rings. The van der Waals surface area contributed by atoms with E-state index in [1.54, 1.807) is 29.2 Å². The van der Waals surface area contributed by atoms with Gasteiger partial charge in [0.2, 0.25) is 11.8 Å². The van der Waals surface area contributed by atoms with Crippen LogP contribution in [0.5, 0.6) is 0 Å². The smallest absolute Gasteiger partial charge is 0.305 e. The molecule has 8 nitrogen and oxygen atoms in total. The number of furan rings is 2. The van der Waals surface area contributed by atoms with Crippen molar-refractivity contribution in [3.05, 3.63) is 72.2 Å². The number of carbonyl (C=O) groups excluding carboxylic acids is 3. The van der Waals surface area contributed by atoms with Gasteiger partial charge in [-0.15, -0.1) is 0 Å². The summed E-state index contributed by atoms with van der Waals surface area (Å²) in [5.41, 5.74) is 2.27. The highest BCUT2D eigenvalue weighted by molar-refractivity contribution is 5.95. The minimum absolute atomic E-state index is 0.109. The summed E-state index contributed by atoms with van der Waals surface area (Å²) in [7, 11) is 0. The number of ether oxygens (including phenoxy) is 1. The van der Waals surface area contributed by atoms with Gasteiger partial charge in [-0.05, 0) is 50.5 Å². The minimum atomic E-state index is -0.949. The predicted octanol–water partition coefficient (Wildman–Crippen LogP) is 5.08. The van der Waals surface area contributed by atoms with E-state index in [1.807, 2.05) is 55.5 Å². The van der Waals surface area contributed by atoms with E-state index in [0.717, 1.165) is 33.1 Å². The summed E-state index contributed by atoms with van der Waals surface area (Å²) in [6.45, 7) is 5.17. The summed E-state index contributed by atoms with van der Waals surface area (Å²) in [4.78, 5) is 42.7. The summed E-state index contributed by atoms with van der Waals surface area (Å²) >= 11 is 0. The van der Waals surface area contributed by atoms with Crippen molar-refractivity contribution < 1.29 is 28.0 Å². The van der Waals surface area contributed by atoms with Crippen molar-refractivity contribution in [1.82, 2.24) is 9.80 Å². The summed E-state index contributed by atoms with van der Waals surface area (Å²) in [6.07, 6.45) is 4.69. The molecule has 0 N–H and O–H groups in total. The standard InChI is InChI=1S/C30H32N2O6/c1-3-36-28(34)9-6-14-31(19-21-10-11-22-12-16-37-26(22)17-21)29(35)30(2)13-15-32(30)27(33)18-23-20-38-25-8-5-4-7-24(23)25/h4-5,7-8,10-12,16-17,20H,3,6,9,13-15,18-19H2,1-2H3. The van der Waals surface area contributed by atoms with Crippen LogP contribution in [0, 0.1) is 0 Å². The molecule has 3 heterocycles. The van der Waals surface area contributed by atoms with Gasteiger partial charge in [0.25, 0.3) is 0 Å². The first-order valence-electron chi connectivity index (χ1n) is 13.1. The number of benzene rings is 2. The third-order valence-electron chi connectivity index (χ3n) is 7.38. The van der Waals surface area contributed by atoms with Crippen molar-refractivity contribution in [3.63, 3.8) is 0 Å². The van der Waals surface area contributed by atoms with Crippen LogP contribution in [0.25, 0.3) is 21.9 Å². The third kappa shape index (κ3) is 5.03. The van der Waals surface area contributed by atoms with Crippen molar-refractivity contribution in [2.75, 3.05) is 19.7 Å². The Hall–Kier alpha value is -4.07. The van der Waals surface area contributed by atoms with Gasteiger partial charge in [0.05, 0.1) is 25.6 Å². The van der Waals surface area contributed by atoms with E-state index in [0.29, 0.717) is 39.1 Å². The largest absolute Gasteiger partial charge is 0.466 e. The second-order valence-electron chi connectivity index (χ2n) is 9.93. The van der Waals surface area contributed by atoms with E-state index < -0.39 is 5.54 Å². The highest BCUT2D eigenvalue weighted by atomic mass is 16.5. The number of carbonyl (C=O) groups is 3. The number of rotatable bonds is 10. The number of nitrogens with zero attached hydrogens (tertiary/aromatic N) is 2. The van der Waals surface area contributed by atoms with Gasteiger partial charge in [0.1, 0.15) is 16.7 Å². The zero-order chi connectivity index (χ0) is 26.7. The quantitative estimate of drug-likeness (QED) is 0.273. The molecule has 0 saturated carbocycles. The van der Waals surface area contributed by atoms with Gasteiger partial charge in [-0.1, -0.05) is 30.3 Å². The molecule has 8 heteroatoms. The molecule has 2 amide bonds. The second kappa shape index (κ2) is 10.7. The molecule has 5 rings (SSSR count). The number of esters is 1. The Labute approximate surface area is 221 Å². The molecular weight excluding hydrogens is 484 g/mol. The summed E-state index contributed by atoms with van der Waals surface area (Å²) < 4.78 is 16.2. The Kier molecular flexibility index (Phi) is 7.22. The molecule has 38 heavy (non-hydrogen) atoms. The van der Waals surface area contributed by atoms with Crippen molar-refractivity contribution in [2.45, 2.75) is 51.6 Å². The second-order valence-corrected chi connectivity index (χ2v) is 9.93. The van der Waals surface area contributed by atoms with Crippen LogP contribution in [0.4, 0.5) is 0 Å². The average molecular weight is 517 g/mol. The molecule has 2 aromatic heterocycles. The first-order chi connectivity index (χ1) is 18.4. The van der Waals surface area contributed by atoms with E-state index in [4.69, 9.17) is 13.6 Å². The first kappa shape index (κ1) is 25.6. The molecular formula is C30H32N2O6. The summed E-state index contributed by atoms with van der Waals surface area (Å²) in [6, 6.07) is 15.4. The number of amides is 2. The Bertz CT molecular complexity index is 1470. The van der Waals surface area contributed by atoms with Crippen LogP contribution in [0.1, 0.15) is 44.2 Å². The van der Waals surface area contributed by atoms with E-state index in [2.05, 4.69) is 0 Å². The van der Waals surface area contributed by atoms with Gasteiger partial charge in [-0.25, -0.2) is 0 Å². The Morgan fingerprint density at radius 2 is 1.92 bits per heavy atom. The zero-order valence-electron chi connectivity index (χ0n) is 21.8. The van der Waals surface area contributed by atoms with Crippen LogP contribution in [-0.4, -0.2) is 52.8 Å². The van der Waals surface area contributed by atoms with E-state index in [9.17, 15) is 14.4 Å². The Morgan fingerprint density at radius 3 is 2.71 bits per heavy atom. The van der Waals surface area contributed by atoms with Gasteiger partial charge in [0, 0.05) is 42.4 Å². The lowest BCUT2D eigenvalue weighted by molar-refractivity contribution is -0.164. The van der Waals surface area contributed by atoms with E-state index in [1.165, 1.54) is 0 Å². The molecule has 1 unspecified atom stereocenters. The minimum Gasteiger partial charge on any atom is -0.466 e. The molecule has 1 atom stereocenters. The molecule has 2 aromatic carbocycles. The van der Waals surface area contributed by atoms with E-state index >= 15 is 0 Å². The van der Waals surface area contributed by atoms with Crippen LogP contribution in [0.15, 0.2) is 69.9 Å². The third-order valence-corrected chi connectivity index (χ3v) is 7.38. The lowest BCUT2D eigenvalue weighted by Crippen LogP contribution is -2.68. The Balaban J connectivity index is 1.32. The molecule has 198 valence electrons. The molecule has 1 fully saturated rings. The molecule has 1 aliphatic heterocycles. The molecule has 0 spiro atoms. The first-order valence-corrected chi connectivity index (χ1v) is 13.1. The van der Waals surface area contributed by atoms with E-state index in [-0.39, 0.29) is 30.6 Å². The van der Waals surface area contributed by atoms with Gasteiger partial charge in [-0.3, -0.25) is 14.4 Å². The highest BCUT2D eigenvalue weighted by Crippen LogP contribution is 2.34. The predicted molar refractivity (Wildman–Crippen MR) is 142 cm³/mol. The zero-order valence-corrected chi connectivity index (χ0v) is 21.8. The summed E-state index contributed by atoms with van der Waals surface area (Å²) in [5, 5.41) is 1.90. The number of likely N-dealkylation sites (tertiary alicyclic amines) is 1. The summed E-state index contributed by atoms with van der Waals surface area (Å²) in [5.74, 6) is -0.518. The SMILES string of the molecule is CCOC(=O)CCCN(Cc1ccc2ccoc2c1)C(=O)C1(C)CCN1C(=O)Cc1coc2ccccc12. The molecule has 0 aliphatic carbocycles. The number of fused-ring (bicyclic) bond motifs is 2.